The number of aromatic carboxylic acids is 1. The Balaban J connectivity index is 1.91. The predicted octanol–water partition coefficient (Wildman–Crippen LogP) is 2.79. The minimum atomic E-state index is -1.21. The predicted molar refractivity (Wildman–Crippen MR) is 78.7 cm³/mol. The number of carboxylic acid groups (broad SMARTS) is 1. The summed E-state index contributed by atoms with van der Waals surface area (Å²) in [5.74, 6) is -1.58. The van der Waals surface area contributed by atoms with Crippen molar-refractivity contribution in [1.29, 1.82) is 0 Å². The highest BCUT2D eigenvalue weighted by Crippen LogP contribution is 2.43. The first-order valence-corrected chi connectivity index (χ1v) is 7.07. The third kappa shape index (κ3) is 3.45. The van der Waals surface area contributed by atoms with Gasteiger partial charge in [0.05, 0.1) is 0 Å². The van der Waals surface area contributed by atoms with Gasteiger partial charge in [-0.05, 0) is 36.8 Å². The van der Waals surface area contributed by atoms with Gasteiger partial charge in [0.25, 0.3) is 0 Å². The largest absolute Gasteiger partial charge is 0.507 e. The molecule has 1 fully saturated rings. The lowest BCUT2D eigenvalue weighted by atomic mass is 9.67. The Hall–Kier alpha value is -2.24. The van der Waals surface area contributed by atoms with Crippen molar-refractivity contribution in [1.82, 2.24) is 5.32 Å². The first-order valence-electron chi connectivity index (χ1n) is 7.07. The Kier molecular flexibility index (Phi) is 4.35. The molecule has 0 aromatic heterocycles. The summed E-state index contributed by atoms with van der Waals surface area (Å²) in [6, 6.07) is 3.58. The van der Waals surface area contributed by atoms with E-state index in [-0.39, 0.29) is 22.8 Å². The summed E-state index contributed by atoms with van der Waals surface area (Å²) in [5.41, 5.74) is 0.390. The van der Waals surface area contributed by atoms with Crippen LogP contribution < -0.4 is 10.6 Å². The number of carbonyl (C=O) groups is 2. The van der Waals surface area contributed by atoms with Crippen LogP contribution in [0, 0.1) is 5.41 Å². The maximum atomic E-state index is 11.8. The Morgan fingerprint density at radius 3 is 2.52 bits per heavy atom. The van der Waals surface area contributed by atoms with Crippen molar-refractivity contribution >= 4 is 17.7 Å². The molecule has 0 spiro atoms. The zero-order chi connectivity index (χ0) is 15.5. The van der Waals surface area contributed by atoms with Gasteiger partial charge in [0.2, 0.25) is 0 Å². The van der Waals surface area contributed by atoms with Crippen LogP contribution in [0.3, 0.4) is 0 Å². The number of hydrogen-bond acceptors (Lipinski definition) is 3. The number of urea groups is 1. The van der Waals surface area contributed by atoms with Gasteiger partial charge in [0.15, 0.2) is 0 Å². The molecule has 0 saturated heterocycles. The van der Waals surface area contributed by atoms with Crippen LogP contribution in [0.1, 0.15) is 43.0 Å². The summed E-state index contributed by atoms with van der Waals surface area (Å²) in [5, 5.41) is 23.8. The smallest absolute Gasteiger partial charge is 0.339 e. The molecular formula is C15H20N2O4. The fourth-order valence-electron chi connectivity index (χ4n) is 2.57. The van der Waals surface area contributed by atoms with E-state index in [2.05, 4.69) is 17.6 Å². The highest BCUT2D eigenvalue weighted by molar-refractivity contribution is 5.93. The zero-order valence-electron chi connectivity index (χ0n) is 12.0. The molecule has 6 heteroatoms. The molecule has 0 atom stereocenters. The van der Waals surface area contributed by atoms with Crippen molar-refractivity contribution in [2.75, 3.05) is 11.9 Å². The van der Waals surface area contributed by atoms with Gasteiger partial charge in [-0.3, -0.25) is 0 Å². The van der Waals surface area contributed by atoms with E-state index in [1.807, 2.05) is 0 Å². The first kappa shape index (κ1) is 15.2. The first-order chi connectivity index (χ1) is 9.96. The van der Waals surface area contributed by atoms with Crippen molar-refractivity contribution in [3.63, 3.8) is 0 Å². The molecule has 0 radical (unpaired) electrons. The van der Waals surface area contributed by atoms with E-state index in [0.29, 0.717) is 12.2 Å². The SMILES string of the molecule is CCC1(CNC(=O)Nc2ccc(C(=O)O)c(O)c2)CCC1. The average Bonchev–Trinajstić information content (AvgIpc) is 2.37. The van der Waals surface area contributed by atoms with E-state index in [4.69, 9.17) is 5.11 Å². The van der Waals surface area contributed by atoms with E-state index >= 15 is 0 Å². The summed E-state index contributed by atoms with van der Waals surface area (Å²) < 4.78 is 0. The van der Waals surface area contributed by atoms with Gasteiger partial charge in [0, 0.05) is 18.3 Å². The normalized spacial score (nSPS) is 15.9. The van der Waals surface area contributed by atoms with Crippen molar-refractivity contribution < 1.29 is 19.8 Å². The van der Waals surface area contributed by atoms with Gasteiger partial charge >= 0.3 is 12.0 Å². The number of nitrogens with one attached hydrogen (secondary N) is 2. The Morgan fingerprint density at radius 1 is 1.33 bits per heavy atom. The third-order valence-corrected chi connectivity index (χ3v) is 4.27. The molecule has 0 aliphatic heterocycles. The quantitative estimate of drug-likeness (QED) is 0.670. The van der Waals surface area contributed by atoms with Crippen molar-refractivity contribution in [3.8, 4) is 5.75 Å². The van der Waals surface area contributed by atoms with E-state index in [0.717, 1.165) is 19.3 Å². The topological polar surface area (TPSA) is 98.7 Å². The van der Waals surface area contributed by atoms with Gasteiger partial charge in [-0.15, -0.1) is 0 Å². The molecule has 1 saturated carbocycles. The molecule has 1 aromatic rings. The average molecular weight is 292 g/mol. The van der Waals surface area contributed by atoms with E-state index in [1.165, 1.54) is 24.6 Å². The molecule has 6 nitrogen and oxygen atoms in total. The molecule has 0 unspecified atom stereocenters. The number of aromatic hydroxyl groups is 1. The van der Waals surface area contributed by atoms with Gasteiger partial charge in [-0.2, -0.15) is 0 Å². The molecule has 2 rings (SSSR count). The number of rotatable bonds is 5. The lowest BCUT2D eigenvalue weighted by Crippen LogP contribution is -2.43. The molecular weight excluding hydrogens is 272 g/mol. The number of benzene rings is 1. The lowest BCUT2D eigenvalue weighted by Gasteiger charge is -2.41. The van der Waals surface area contributed by atoms with Crippen LogP contribution in [0.25, 0.3) is 0 Å². The molecule has 21 heavy (non-hydrogen) atoms. The van der Waals surface area contributed by atoms with Crippen LogP contribution >= 0.6 is 0 Å². The molecule has 1 aliphatic rings. The van der Waals surface area contributed by atoms with Gasteiger partial charge < -0.3 is 20.8 Å². The molecule has 114 valence electrons. The standard InChI is InChI=1S/C15H20N2O4/c1-2-15(6-3-7-15)9-16-14(21)17-10-4-5-11(13(19)20)12(18)8-10/h4-5,8,18H,2-3,6-7,9H2,1H3,(H,19,20)(H2,16,17,21). The number of carbonyl (C=O) groups excluding carboxylic acids is 1. The van der Waals surface area contributed by atoms with Gasteiger partial charge in [-0.25, -0.2) is 9.59 Å². The van der Waals surface area contributed by atoms with Gasteiger partial charge in [-0.1, -0.05) is 13.3 Å². The van der Waals surface area contributed by atoms with E-state index in [1.54, 1.807) is 0 Å². The summed E-state index contributed by atoms with van der Waals surface area (Å²) in [6.07, 6.45) is 4.53. The van der Waals surface area contributed by atoms with Gasteiger partial charge in [0.1, 0.15) is 11.3 Å². The minimum absolute atomic E-state index is 0.194. The van der Waals surface area contributed by atoms with E-state index < -0.39 is 5.97 Å². The summed E-state index contributed by atoms with van der Waals surface area (Å²) in [7, 11) is 0. The minimum Gasteiger partial charge on any atom is -0.507 e. The summed E-state index contributed by atoms with van der Waals surface area (Å²) in [6.45, 7) is 2.76. The second-order valence-electron chi connectivity index (χ2n) is 5.55. The molecule has 4 N–H and O–H groups in total. The second kappa shape index (κ2) is 6.03. The number of carboxylic acids is 1. The summed E-state index contributed by atoms with van der Waals surface area (Å²) in [4.78, 5) is 22.6. The van der Waals surface area contributed by atoms with Crippen molar-refractivity contribution in [2.45, 2.75) is 32.6 Å². The number of anilines is 1. The monoisotopic (exact) mass is 292 g/mol. The Bertz CT molecular complexity index is 547. The number of phenols is 1. The maximum Gasteiger partial charge on any atom is 0.339 e. The fourth-order valence-corrected chi connectivity index (χ4v) is 2.57. The van der Waals surface area contributed by atoms with E-state index in [9.17, 15) is 14.7 Å². The second-order valence-corrected chi connectivity index (χ2v) is 5.55. The van der Waals surface area contributed by atoms with Crippen LogP contribution in [0.2, 0.25) is 0 Å². The van der Waals surface area contributed by atoms with Crippen LogP contribution in [-0.4, -0.2) is 28.8 Å². The van der Waals surface area contributed by atoms with Crippen molar-refractivity contribution in [2.24, 2.45) is 5.41 Å². The third-order valence-electron chi connectivity index (χ3n) is 4.27. The maximum absolute atomic E-state index is 11.8. The number of amides is 2. The molecule has 0 heterocycles. The van der Waals surface area contributed by atoms with Crippen molar-refractivity contribution in [3.05, 3.63) is 23.8 Å². The van der Waals surface area contributed by atoms with Crippen LogP contribution in [0.5, 0.6) is 5.75 Å². The molecule has 2 amide bonds. The number of hydrogen-bond donors (Lipinski definition) is 4. The highest BCUT2D eigenvalue weighted by Gasteiger charge is 2.35. The van der Waals surface area contributed by atoms with Crippen LogP contribution in [0.4, 0.5) is 10.5 Å². The summed E-state index contributed by atoms with van der Waals surface area (Å²) >= 11 is 0. The Labute approximate surface area is 123 Å². The lowest BCUT2D eigenvalue weighted by molar-refractivity contribution is 0.0694. The zero-order valence-corrected chi connectivity index (χ0v) is 12.0. The fraction of sp³-hybridized carbons (Fsp3) is 0.467. The molecule has 0 bridgehead atoms. The van der Waals surface area contributed by atoms with Crippen LogP contribution in [0.15, 0.2) is 18.2 Å². The molecule has 1 aliphatic carbocycles. The van der Waals surface area contributed by atoms with Crippen LogP contribution in [-0.2, 0) is 0 Å². The highest BCUT2D eigenvalue weighted by atomic mass is 16.4. The Morgan fingerprint density at radius 2 is 2.05 bits per heavy atom. The molecule has 1 aromatic carbocycles.